The number of hydrogen-bond donors (Lipinski definition) is 1. The summed E-state index contributed by atoms with van der Waals surface area (Å²) in [6.07, 6.45) is -3.02. The first-order valence-electron chi connectivity index (χ1n) is 6.96. The molecular formula is C14H14F3N3O2S. The van der Waals surface area contributed by atoms with Crippen LogP contribution in [0.25, 0.3) is 0 Å². The molecular weight excluding hydrogens is 331 g/mol. The summed E-state index contributed by atoms with van der Waals surface area (Å²) in [5.41, 5.74) is -0.851. The van der Waals surface area contributed by atoms with Crippen molar-refractivity contribution in [1.29, 1.82) is 0 Å². The molecule has 0 radical (unpaired) electrons. The van der Waals surface area contributed by atoms with Crippen LogP contribution in [0.4, 0.5) is 13.2 Å². The van der Waals surface area contributed by atoms with E-state index in [0.29, 0.717) is 12.2 Å². The molecule has 2 heterocycles. The van der Waals surface area contributed by atoms with Gasteiger partial charge in [-0.2, -0.15) is 13.2 Å². The lowest BCUT2D eigenvalue weighted by atomic mass is 10.1. The second-order valence-electron chi connectivity index (χ2n) is 5.34. The molecule has 1 aliphatic rings. The van der Waals surface area contributed by atoms with Crippen molar-refractivity contribution in [3.8, 4) is 0 Å². The number of halogens is 3. The van der Waals surface area contributed by atoms with E-state index in [9.17, 15) is 21.6 Å². The van der Waals surface area contributed by atoms with Gasteiger partial charge in [0.15, 0.2) is 0 Å². The Morgan fingerprint density at radius 2 is 1.91 bits per heavy atom. The molecule has 0 aliphatic carbocycles. The molecule has 1 aromatic heterocycles. The third-order valence-corrected chi connectivity index (χ3v) is 5.26. The predicted molar refractivity (Wildman–Crippen MR) is 76.1 cm³/mol. The molecule has 124 valence electrons. The van der Waals surface area contributed by atoms with Gasteiger partial charge in [0.1, 0.15) is 11.5 Å². The first-order chi connectivity index (χ1) is 10.8. The van der Waals surface area contributed by atoms with E-state index >= 15 is 0 Å². The number of nitrogens with zero attached hydrogens (tertiary/aromatic N) is 2. The highest BCUT2D eigenvalue weighted by Gasteiger charge is 2.38. The average molecular weight is 345 g/mol. The van der Waals surface area contributed by atoms with Crippen LogP contribution in [0.2, 0.25) is 0 Å². The van der Waals surface area contributed by atoms with E-state index < -0.39 is 27.9 Å². The normalized spacial score (nSPS) is 18.7. The topological polar surface area (TPSA) is 64.0 Å². The van der Waals surface area contributed by atoms with Gasteiger partial charge in [-0.1, -0.05) is 18.2 Å². The van der Waals surface area contributed by atoms with Crippen molar-refractivity contribution >= 4 is 10.0 Å². The number of nitrogens with one attached hydrogen (secondary N) is 1. The van der Waals surface area contributed by atoms with Gasteiger partial charge in [0.2, 0.25) is 10.0 Å². The molecule has 1 aromatic carbocycles. The Balaban J connectivity index is 1.82. The van der Waals surface area contributed by atoms with Gasteiger partial charge in [-0.15, -0.1) is 0 Å². The summed E-state index contributed by atoms with van der Waals surface area (Å²) in [5, 5.41) is 0. The molecule has 3 rings (SSSR count). The summed E-state index contributed by atoms with van der Waals surface area (Å²) in [7, 11) is -3.76. The van der Waals surface area contributed by atoms with Gasteiger partial charge in [0.25, 0.3) is 0 Å². The Morgan fingerprint density at radius 1 is 1.22 bits per heavy atom. The van der Waals surface area contributed by atoms with Crippen molar-refractivity contribution in [3.05, 3.63) is 48.0 Å². The van der Waals surface area contributed by atoms with Crippen molar-refractivity contribution in [2.24, 2.45) is 0 Å². The number of hydrogen-bond acceptors (Lipinski definition) is 3. The van der Waals surface area contributed by atoms with Gasteiger partial charge in [0.05, 0.1) is 11.1 Å². The molecule has 1 atom stereocenters. The number of benzene rings is 1. The summed E-state index contributed by atoms with van der Waals surface area (Å²) in [5.74, 6) is 0.326. The van der Waals surface area contributed by atoms with E-state index in [1.165, 1.54) is 12.1 Å². The fourth-order valence-electron chi connectivity index (χ4n) is 2.64. The molecule has 5 nitrogen and oxygen atoms in total. The highest BCUT2D eigenvalue weighted by atomic mass is 32.2. The van der Waals surface area contributed by atoms with Crippen LogP contribution in [-0.2, 0) is 29.2 Å². The van der Waals surface area contributed by atoms with Crippen LogP contribution in [0.15, 0.2) is 41.4 Å². The second kappa shape index (κ2) is 5.64. The Hall–Kier alpha value is -1.87. The van der Waals surface area contributed by atoms with Crippen molar-refractivity contribution in [3.63, 3.8) is 0 Å². The zero-order valence-electron chi connectivity index (χ0n) is 11.9. The van der Waals surface area contributed by atoms with Crippen molar-refractivity contribution < 1.29 is 21.6 Å². The monoisotopic (exact) mass is 345 g/mol. The number of sulfonamides is 1. The van der Waals surface area contributed by atoms with E-state index in [-0.39, 0.29) is 17.9 Å². The zero-order chi connectivity index (χ0) is 16.7. The van der Waals surface area contributed by atoms with Gasteiger partial charge >= 0.3 is 6.18 Å². The molecule has 0 saturated heterocycles. The Labute approximate surface area is 131 Å². The van der Waals surface area contributed by atoms with Gasteiger partial charge < -0.3 is 4.57 Å². The summed E-state index contributed by atoms with van der Waals surface area (Å²) in [6, 6.07) is 7.13. The summed E-state index contributed by atoms with van der Waals surface area (Å²) in [6.45, 7) is -0.0871. The predicted octanol–water partition coefficient (Wildman–Crippen LogP) is 2.20. The van der Waals surface area contributed by atoms with Crippen LogP contribution in [0.1, 0.15) is 17.9 Å². The largest absolute Gasteiger partial charge is 0.433 e. The van der Waals surface area contributed by atoms with Crippen LogP contribution in [-0.4, -0.2) is 24.0 Å². The minimum Gasteiger partial charge on any atom is -0.323 e. The molecule has 0 spiro atoms. The van der Waals surface area contributed by atoms with Gasteiger partial charge in [-0.25, -0.2) is 18.1 Å². The summed E-state index contributed by atoms with van der Waals surface area (Å²) < 4.78 is 66.9. The van der Waals surface area contributed by atoms with Crippen molar-refractivity contribution in [2.45, 2.75) is 36.5 Å². The van der Waals surface area contributed by atoms with E-state index in [2.05, 4.69) is 9.71 Å². The van der Waals surface area contributed by atoms with Crippen LogP contribution in [0, 0.1) is 0 Å². The highest BCUT2D eigenvalue weighted by Crippen LogP contribution is 2.32. The summed E-state index contributed by atoms with van der Waals surface area (Å²) >= 11 is 0. The molecule has 0 amide bonds. The fourth-order valence-corrected chi connectivity index (χ4v) is 3.92. The maximum absolute atomic E-state index is 12.9. The molecule has 1 N–H and O–H groups in total. The number of rotatable bonds is 3. The molecule has 1 unspecified atom stereocenters. The maximum Gasteiger partial charge on any atom is 0.433 e. The molecule has 0 bridgehead atoms. The molecule has 0 saturated carbocycles. The zero-order valence-corrected chi connectivity index (χ0v) is 12.7. The van der Waals surface area contributed by atoms with Crippen LogP contribution in [0.3, 0.4) is 0 Å². The molecule has 23 heavy (non-hydrogen) atoms. The Kier molecular flexibility index (Phi) is 3.93. The standard InChI is InChI=1S/C14H14F3N3O2S/c15-14(16,17)12-8-18-13-7-6-10(9-20(12)13)19-23(21,22)11-4-2-1-3-5-11/h1-5,8,10,19H,6-7,9H2. The number of aromatic nitrogens is 2. The molecule has 2 aromatic rings. The first kappa shape index (κ1) is 16.0. The lowest BCUT2D eigenvalue weighted by Crippen LogP contribution is -2.41. The second-order valence-corrected chi connectivity index (χ2v) is 7.05. The number of imidazole rings is 1. The minimum absolute atomic E-state index is 0.0871. The van der Waals surface area contributed by atoms with E-state index in [4.69, 9.17) is 0 Å². The minimum atomic E-state index is -4.51. The van der Waals surface area contributed by atoms with E-state index in [0.717, 1.165) is 10.8 Å². The van der Waals surface area contributed by atoms with Crippen molar-refractivity contribution in [2.75, 3.05) is 0 Å². The maximum atomic E-state index is 12.9. The number of alkyl halides is 3. The summed E-state index contributed by atoms with van der Waals surface area (Å²) in [4.78, 5) is 3.87. The lowest BCUT2D eigenvalue weighted by molar-refractivity contribution is -0.144. The SMILES string of the molecule is O=S(=O)(NC1CCc2ncc(C(F)(F)F)n2C1)c1ccccc1. The quantitative estimate of drug-likeness (QED) is 0.928. The third-order valence-electron chi connectivity index (χ3n) is 3.72. The van der Waals surface area contributed by atoms with E-state index in [1.807, 2.05) is 0 Å². The molecule has 9 heteroatoms. The van der Waals surface area contributed by atoms with Gasteiger partial charge in [-0.3, -0.25) is 0 Å². The fraction of sp³-hybridized carbons (Fsp3) is 0.357. The average Bonchev–Trinajstić information content (AvgIpc) is 2.91. The van der Waals surface area contributed by atoms with Gasteiger partial charge in [0, 0.05) is 19.0 Å². The van der Waals surface area contributed by atoms with Crippen LogP contribution < -0.4 is 4.72 Å². The first-order valence-corrected chi connectivity index (χ1v) is 8.45. The highest BCUT2D eigenvalue weighted by molar-refractivity contribution is 7.89. The van der Waals surface area contributed by atoms with Crippen LogP contribution in [0.5, 0.6) is 0 Å². The molecule has 0 fully saturated rings. The lowest BCUT2D eigenvalue weighted by Gasteiger charge is -2.26. The Bertz CT molecular complexity index is 800. The smallest absolute Gasteiger partial charge is 0.323 e. The number of aryl methyl sites for hydroxylation is 1. The Morgan fingerprint density at radius 3 is 2.57 bits per heavy atom. The van der Waals surface area contributed by atoms with Crippen molar-refractivity contribution in [1.82, 2.24) is 14.3 Å². The van der Waals surface area contributed by atoms with E-state index in [1.54, 1.807) is 18.2 Å². The van der Waals surface area contributed by atoms with Gasteiger partial charge in [-0.05, 0) is 18.6 Å². The third kappa shape index (κ3) is 3.25. The van der Waals surface area contributed by atoms with Crippen LogP contribution >= 0.6 is 0 Å². The number of fused-ring (bicyclic) bond motifs is 1. The molecule has 1 aliphatic heterocycles.